The van der Waals surface area contributed by atoms with Crippen molar-refractivity contribution >= 4 is 23.3 Å². The summed E-state index contributed by atoms with van der Waals surface area (Å²) in [6.45, 7) is 5.36. The number of aromatic nitrogens is 2. The molecule has 1 aromatic heterocycles. The summed E-state index contributed by atoms with van der Waals surface area (Å²) < 4.78 is 20.0. The molecule has 1 heterocycles. The average Bonchev–Trinajstić information content (AvgIpc) is 2.97. The Morgan fingerprint density at radius 2 is 1.84 bits per heavy atom. The van der Waals surface area contributed by atoms with Gasteiger partial charge in [-0.2, -0.15) is 9.78 Å². The quantitative estimate of drug-likeness (QED) is 0.647. The largest absolute Gasteiger partial charge is 0.442 e. The zero-order valence-corrected chi connectivity index (χ0v) is 14.1. The number of fused-ring (bicyclic) bond motifs is 1. The van der Waals surface area contributed by atoms with Gasteiger partial charge in [-0.05, 0) is 56.2 Å². The maximum atomic E-state index is 13.5. The third-order valence-corrected chi connectivity index (χ3v) is 3.59. The fourth-order valence-corrected chi connectivity index (χ4v) is 2.48. The van der Waals surface area contributed by atoms with Crippen LogP contribution in [0.5, 0.6) is 0 Å². The lowest BCUT2D eigenvalue weighted by Crippen LogP contribution is -2.27. The molecular weight excluding hydrogens is 323 g/mol. The minimum atomic E-state index is -0.616. The fraction of sp³-hybridized carbons (Fsp3) is 0.211. The van der Waals surface area contributed by atoms with Crippen molar-refractivity contribution in [3.05, 3.63) is 54.0 Å². The number of halogens is 1. The number of benzene rings is 2. The highest BCUT2D eigenvalue weighted by atomic mass is 19.1. The molecule has 0 saturated carbocycles. The molecule has 0 N–H and O–H groups in total. The van der Waals surface area contributed by atoms with E-state index in [9.17, 15) is 14.0 Å². The van der Waals surface area contributed by atoms with Gasteiger partial charge in [0.05, 0.1) is 17.3 Å². The predicted octanol–water partition coefficient (Wildman–Crippen LogP) is 4.44. The number of hydrogen-bond acceptors (Lipinski definition) is 4. The minimum Gasteiger partial charge on any atom is -0.442 e. The van der Waals surface area contributed by atoms with E-state index >= 15 is 0 Å². The van der Waals surface area contributed by atoms with Crippen LogP contribution in [0.25, 0.3) is 22.0 Å². The van der Waals surface area contributed by atoms with E-state index < -0.39 is 17.5 Å². The minimum absolute atomic E-state index is 0.00190. The number of carbonyl (C=O) groups excluding carboxylic acids is 2. The molecule has 128 valence electrons. The highest BCUT2D eigenvalue weighted by Gasteiger charge is 2.20. The first-order chi connectivity index (χ1) is 11.8. The zero-order chi connectivity index (χ0) is 18.2. The SMILES string of the molecule is CC(C)(C)OC(=O)n1ncc2cc(-c3ccc(F)c(C=O)c3)ccc21. The molecule has 0 saturated heterocycles. The maximum absolute atomic E-state index is 13.5. The highest BCUT2D eigenvalue weighted by molar-refractivity contribution is 5.91. The molecular formula is C19H17FN2O3. The molecule has 0 aliphatic carbocycles. The van der Waals surface area contributed by atoms with Gasteiger partial charge < -0.3 is 4.74 Å². The second-order valence-electron chi connectivity index (χ2n) is 6.66. The van der Waals surface area contributed by atoms with E-state index in [1.807, 2.05) is 6.07 Å². The summed E-state index contributed by atoms with van der Waals surface area (Å²) in [4.78, 5) is 23.1. The topological polar surface area (TPSA) is 61.2 Å². The van der Waals surface area contributed by atoms with Crippen LogP contribution in [0.1, 0.15) is 31.1 Å². The van der Waals surface area contributed by atoms with Crippen molar-refractivity contribution in [2.75, 3.05) is 0 Å². The molecule has 0 atom stereocenters. The molecule has 2 aromatic carbocycles. The van der Waals surface area contributed by atoms with E-state index in [4.69, 9.17) is 4.74 Å². The Labute approximate surface area is 144 Å². The van der Waals surface area contributed by atoms with E-state index in [1.165, 1.54) is 16.8 Å². The van der Waals surface area contributed by atoms with E-state index in [2.05, 4.69) is 5.10 Å². The zero-order valence-electron chi connectivity index (χ0n) is 14.1. The number of ether oxygens (including phenoxy) is 1. The van der Waals surface area contributed by atoms with Gasteiger partial charge in [-0.3, -0.25) is 4.79 Å². The van der Waals surface area contributed by atoms with Crippen molar-refractivity contribution in [3.8, 4) is 11.1 Å². The van der Waals surface area contributed by atoms with Crippen LogP contribution in [0.3, 0.4) is 0 Å². The van der Waals surface area contributed by atoms with Gasteiger partial charge in [0.25, 0.3) is 0 Å². The molecule has 3 aromatic rings. The third-order valence-electron chi connectivity index (χ3n) is 3.59. The van der Waals surface area contributed by atoms with Crippen LogP contribution >= 0.6 is 0 Å². The summed E-state index contributed by atoms with van der Waals surface area (Å²) in [5, 5.41) is 4.82. The maximum Gasteiger partial charge on any atom is 0.435 e. The Morgan fingerprint density at radius 3 is 2.52 bits per heavy atom. The van der Waals surface area contributed by atoms with E-state index in [-0.39, 0.29) is 5.56 Å². The Hall–Kier alpha value is -3.02. The molecule has 0 unspecified atom stereocenters. The first kappa shape index (κ1) is 16.8. The van der Waals surface area contributed by atoms with Crippen LogP contribution in [0, 0.1) is 5.82 Å². The number of nitrogens with zero attached hydrogens (tertiary/aromatic N) is 2. The van der Waals surface area contributed by atoms with Gasteiger partial charge in [-0.1, -0.05) is 12.1 Å². The first-order valence-corrected chi connectivity index (χ1v) is 7.75. The smallest absolute Gasteiger partial charge is 0.435 e. The van der Waals surface area contributed by atoms with Crippen LogP contribution in [-0.4, -0.2) is 27.8 Å². The van der Waals surface area contributed by atoms with Crippen LogP contribution in [0.15, 0.2) is 42.6 Å². The molecule has 0 fully saturated rings. The summed E-state index contributed by atoms with van der Waals surface area (Å²) >= 11 is 0. The molecule has 0 aliphatic rings. The van der Waals surface area contributed by atoms with Crippen molar-refractivity contribution in [2.45, 2.75) is 26.4 Å². The van der Waals surface area contributed by atoms with Gasteiger partial charge in [0, 0.05) is 5.39 Å². The lowest BCUT2D eigenvalue weighted by Gasteiger charge is -2.19. The Bertz CT molecular complexity index is 970. The van der Waals surface area contributed by atoms with Crippen molar-refractivity contribution in [1.29, 1.82) is 0 Å². The molecule has 0 amide bonds. The second kappa shape index (κ2) is 6.12. The molecule has 25 heavy (non-hydrogen) atoms. The monoisotopic (exact) mass is 340 g/mol. The van der Waals surface area contributed by atoms with Crippen molar-refractivity contribution < 1.29 is 18.7 Å². The Kier molecular flexibility index (Phi) is 4.12. The summed E-state index contributed by atoms with van der Waals surface area (Å²) in [7, 11) is 0. The molecule has 0 bridgehead atoms. The number of rotatable bonds is 2. The Morgan fingerprint density at radius 1 is 1.16 bits per heavy atom. The Balaban J connectivity index is 2.00. The van der Waals surface area contributed by atoms with Crippen LogP contribution < -0.4 is 0 Å². The second-order valence-corrected chi connectivity index (χ2v) is 6.66. The van der Waals surface area contributed by atoms with Gasteiger partial charge in [0.15, 0.2) is 6.29 Å². The number of aldehydes is 1. The lowest BCUT2D eigenvalue weighted by molar-refractivity contribution is 0.0522. The average molecular weight is 340 g/mol. The molecule has 5 nitrogen and oxygen atoms in total. The van der Waals surface area contributed by atoms with Crippen LogP contribution in [-0.2, 0) is 4.74 Å². The summed E-state index contributed by atoms with van der Waals surface area (Å²) in [5.41, 5.74) is 1.49. The van der Waals surface area contributed by atoms with Gasteiger partial charge in [0.2, 0.25) is 0 Å². The summed E-state index contributed by atoms with van der Waals surface area (Å²) in [6.07, 6.45) is 1.49. The van der Waals surface area contributed by atoms with E-state index in [0.29, 0.717) is 17.4 Å². The third kappa shape index (κ3) is 3.42. The van der Waals surface area contributed by atoms with Crippen molar-refractivity contribution in [3.63, 3.8) is 0 Å². The molecule has 0 spiro atoms. The summed E-state index contributed by atoms with van der Waals surface area (Å²) in [5.74, 6) is -0.558. The molecule has 0 radical (unpaired) electrons. The van der Waals surface area contributed by atoms with Crippen molar-refractivity contribution in [1.82, 2.24) is 9.78 Å². The highest BCUT2D eigenvalue weighted by Crippen LogP contribution is 2.26. The first-order valence-electron chi connectivity index (χ1n) is 7.75. The number of carbonyl (C=O) groups is 2. The van der Waals surface area contributed by atoms with Crippen LogP contribution in [0.2, 0.25) is 0 Å². The molecule has 0 aliphatic heterocycles. The number of hydrogen-bond donors (Lipinski definition) is 0. The standard InChI is InChI=1S/C19H17FN2O3/c1-19(2,3)25-18(24)22-17-7-5-13(8-14(17)10-21-22)12-4-6-16(20)15(9-12)11-23/h4-11H,1-3H3. The van der Waals surface area contributed by atoms with Gasteiger partial charge in [-0.15, -0.1) is 0 Å². The normalized spacial score (nSPS) is 11.5. The van der Waals surface area contributed by atoms with Gasteiger partial charge in [-0.25, -0.2) is 9.18 Å². The molecule has 6 heteroatoms. The lowest BCUT2D eigenvalue weighted by atomic mass is 10.0. The molecule has 3 rings (SSSR count). The van der Waals surface area contributed by atoms with E-state index in [1.54, 1.807) is 45.2 Å². The van der Waals surface area contributed by atoms with Gasteiger partial charge >= 0.3 is 6.09 Å². The van der Waals surface area contributed by atoms with Gasteiger partial charge in [0.1, 0.15) is 11.4 Å². The summed E-state index contributed by atoms with van der Waals surface area (Å²) in [6, 6.07) is 9.69. The fourth-order valence-electron chi connectivity index (χ4n) is 2.48. The van der Waals surface area contributed by atoms with E-state index in [0.717, 1.165) is 10.9 Å². The van der Waals surface area contributed by atoms with Crippen LogP contribution in [0.4, 0.5) is 9.18 Å². The predicted molar refractivity (Wildman–Crippen MR) is 92.1 cm³/mol. The van der Waals surface area contributed by atoms with Crippen molar-refractivity contribution in [2.24, 2.45) is 0 Å².